The van der Waals surface area contributed by atoms with Crippen LogP contribution in [0.2, 0.25) is 0 Å². The van der Waals surface area contributed by atoms with Crippen LogP contribution in [0, 0.1) is 6.92 Å². The predicted octanol–water partition coefficient (Wildman–Crippen LogP) is 2.29. The minimum atomic E-state index is 0.168. The van der Waals surface area contributed by atoms with Crippen LogP contribution in [-0.4, -0.2) is 23.0 Å². The fraction of sp³-hybridized carbons (Fsp3) is 0.200. The Kier molecular flexibility index (Phi) is 2.59. The summed E-state index contributed by atoms with van der Waals surface area (Å²) in [7, 11) is 0. The highest BCUT2D eigenvalue weighted by molar-refractivity contribution is 6.14. The minimum absolute atomic E-state index is 0.168. The third-order valence-electron chi connectivity index (χ3n) is 3.17. The first-order valence-corrected chi connectivity index (χ1v) is 6.04. The highest BCUT2D eigenvalue weighted by Crippen LogP contribution is 2.20. The van der Waals surface area contributed by atoms with E-state index in [2.05, 4.69) is 23.0 Å². The number of carbonyl (C=O) groups is 1. The number of hydrogen-bond donors (Lipinski definition) is 1. The van der Waals surface area contributed by atoms with Gasteiger partial charge in [-0.1, -0.05) is 17.7 Å². The maximum Gasteiger partial charge on any atom is 0.158 e. The van der Waals surface area contributed by atoms with Gasteiger partial charge < -0.3 is 4.98 Å². The van der Waals surface area contributed by atoms with Crippen molar-refractivity contribution in [2.75, 3.05) is 6.54 Å². The molecule has 0 amide bonds. The molecule has 0 unspecified atom stereocenters. The zero-order valence-corrected chi connectivity index (χ0v) is 10.2. The molecule has 3 rings (SSSR count). The first-order valence-electron chi connectivity index (χ1n) is 6.04. The van der Waals surface area contributed by atoms with Crippen LogP contribution in [0.3, 0.4) is 0 Å². The molecule has 0 atom stereocenters. The van der Waals surface area contributed by atoms with Crippen LogP contribution in [0.15, 0.2) is 41.5 Å². The zero-order chi connectivity index (χ0) is 12.5. The number of hydrogen-bond acceptors (Lipinski definition) is 2. The number of fused-ring (bicyclic) bond motifs is 1. The first-order chi connectivity index (χ1) is 8.74. The summed E-state index contributed by atoms with van der Waals surface area (Å²) in [4.78, 5) is 19.4. The van der Waals surface area contributed by atoms with Gasteiger partial charge in [0.1, 0.15) is 0 Å². The molecule has 1 aliphatic rings. The third-order valence-corrected chi connectivity index (χ3v) is 3.17. The molecule has 18 heavy (non-hydrogen) atoms. The van der Waals surface area contributed by atoms with E-state index in [1.54, 1.807) is 0 Å². The Hall–Kier alpha value is -2.16. The number of nitrogens with zero attached hydrogens (tertiary/aromatic N) is 1. The van der Waals surface area contributed by atoms with Gasteiger partial charge in [-0.2, -0.15) is 0 Å². The second-order valence-electron chi connectivity index (χ2n) is 4.62. The second-order valence-corrected chi connectivity index (χ2v) is 4.62. The number of Topliss-reactive ketones (excluding diaryl/α,β-unsaturated/α-hetero) is 1. The molecule has 0 bridgehead atoms. The third kappa shape index (κ3) is 1.88. The van der Waals surface area contributed by atoms with Gasteiger partial charge in [0.25, 0.3) is 0 Å². The molecule has 2 aromatic rings. The molecule has 3 heteroatoms. The summed E-state index contributed by atoms with van der Waals surface area (Å²) in [5.41, 5.74) is 5.18. The molecule has 0 spiro atoms. The van der Waals surface area contributed by atoms with Crippen molar-refractivity contribution in [3.05, 3.63) is 58.9 Å². The van der Waals surface area contributed by atoms with Crippen molar-refractivity contribution in [2.45, 2.75) is 13.3 Å². The van der Waals surface area contributed by atoms with Crippen molar-refractivity contribution in [1.29, 1.82) is 0 Å². The summed E-state index contributed by atoms with van der Waals surface area (Å²) in [6.07, 6.45) is 2.35. The molecule has 3 nitrogen and oxygen atoms in total. The van der Waals surface area contributed by atoms with Crippen molar-refractivity contribution in [1.82, 2.24) is 4.98 Å². The Morgan fingerprint density at radius 2 is 2.17 bits per heavy atom. The number of rotatable bonds is 1. The normalized spacial score (nSPS) is 14.9. The number of nitrogens with one attached hydrogen (secondary N) is 1. The average Bonchev–Trinajstić information content (AvgIpc) is 2.81. The summed E-state index contributed by atoms with van der Waals surface area (Å²) in [5, 5.41) is 0. The quantitative estimate of drug-likeness (QED) is 0.814. The molecular formula is C15H14N2O. The van der Waals surface area contributed by atoms with E-state index >= 15 is 0 Å². The van der Waals surface area contributed by atoms with Crippen molar-refractivity contribution in [3.63, 3.8) is 0 Å². The van der Waals surface area contributed by atoms with Crippen LogP contribution in [0.5, 0.6) is 0 Å². The lowest BCUT2D eigenvalue weighted by Crippen LogP contribution is -2.06. The van der Waals surface area contributed by atoms with Gasteiger partial charge in [-0.3, -0.25) is 9.79 Å². The Morgan fingerprint density at radius 1 is 1.28 bits per heavy atom. The fourth-order valence-corrected chi connectivity index (χ4v) is 2.29. The van der Waals surface area contributed by atoms with Gasteiger partial charge >= 0.3 is 0 Å². The van der Waals surface area contributed by atoms with Crippen molar-refractivity contribution < 1.29 is 4.79 Å². The predicted molar refractivity (Wildman–Crippen MR) is 71.2 cm³/mol. The lowest BCUT2D eigenvalue weighted by Gasteiger charge is -2.09. The molecule has 1 aromatic heterocycles. The number of aryl methyl sites for hydroxylation is 1. The van der Waals surface area contributed by atoms with Gasteiger partial charge in [0.05, 0.1) is 18.0 Å². The summed E-state index contributed by atoms with van der Waals surface area (Å²) in [5.74, 6) is 0.168. The van der Waals surface area contributed by atoms with Gasteiger partial charge in [0, 0.05) is 18.2 Å². The maximum atomic E-state index is 11.7. The SMILES string of the molecule is Cc1ccc2c(c1)C(c1ccc[nH]1)=NCC(=O)C2. The molecule has 90 valence electrons. The molecule has 0 aliphatic carbocycles. The molecule has 0 radical (unpaired) electrons. The average molecular weight is 238 g/mol. The first kappa shape index (κ1) is 11.0. The molecule has 1 N–H and O–H groups in total. The van der Waals surface area contributed by atoms with Crippen LogP contribution in [0.4, 0.5) is 0 Å². The Balaban J connectivity index is 2.20. The second kappa shape index (κ2) is 4.26. The van der Waals surface area contributed by atoms with Crippen LogP contribution in [0.1, 0.15) is 22.4 Å². The van der Waals surface area contributed by atoms with E-state index in [4.69, 9.17) is 0 Å². The van der Waals surface area contributed by atoms with Gasteiger partial charge in [0.2, 0.25) is 0 Å². The van der Waals surface area contributed by atoms with Crippen LogP contribution < -0.4 is 0 Å². The van der Waals surface area contributed by atoms with Gasteiger partial charge in [-0.25, -0.2) is 0 Å². The lowest BCUT2D eigenvalue weighted by molar-refractivity contribution is -0.117. The number of carbonyl (C=O) groups excluding carboxylic acids is 1. The number of H-pyrrole nitrogens is 1. The maximum absolute atomic E-state index is 11.7. The smallest absolute Gasteiger partial charge is 0.158 e. The largest absolute Gasteiger partial charge is 0.360 e. The van der Waals surface area contributed by atoms with Gasteiger partial charge in [0.15, 0.2) is 5.78 Å². The van der Waals surface area contributed by atoms with E-state index < -0.39 is 0 Å². The minimum Gasteiger partial charge on any atom is -0.360 e. The molecule has 0 saturated heterocycles. The summed E-state index contributed by atoms with van der Waals surface area (Å²) in [6.45, 7) is 2.32. The number of aromatic nitrogens is 1. The molecule has 1 aromatic carbocycles. The van der Waals surface area contributed by atoms with Crippen LogP contribution in [-0.2, 0) is 11.2 Å². The van der Waals surface area contributed by atoms with Crippen LogP contribution >= 0.6 is 0 Å². The molecule has 1 aliphatic heterocycles. The monoisotopic (exact) mass is 238 g/mol. The standard InChI is InChI=1S/C15H14N2O/c1-10-4-5-11-8-12(18)9-17-15(13(11)7-10)14-3-2-6-16-14/h2-7,16H,8-9H2,1H3. The topological polar surface area (TPSA) is 45.2 Å². The lowest BCUT2D eigenvalue weighted by atomic mass is 9.96. The van der Waals surface area contributed by atoms with E-state index in [9.17, 15) is 4.79 Å². The summed E-state index contributed by atoms with van der Waals surface area (Å²) < 4.78 is 0. The number of ketones is 1. The Bertz CT molecular complexity index is 624. The van der Waals surface area contributed by atoms with E-state index in [1.165, 1.54) is 5.56 Å². The molecule has 2 heterocycles. The van der Waals surface area contributed by atoms with Crippen molar-refractivity contribution in [2.24, 2.45) is 4.99 Å². The number of aromatic amines is 1. The van der Waals surface area contributed by atoms with Crippen LogP contribution in [0.25, 0.3) is 0 Å². The van der Waals surface area contributed by atoms with E-state index in [-0.39, 0.29) is 12.3 Å². The van der Waals surface area contributed by atoms with Crippen molar-refractivity contribution in [3.8, 4) is 0 Å². The van der Waals surface area contributed by atoms with Gasteiger partial charge in [-0.05, 0) is 30.7 Å². The van der Waals surface area contributed by atoms with E-state index in [0.717, 1.165) is 22.5 Å². The Labute approximate surface area is 106 Å². The highest BCUT2D eigenvalue weighted by Gasteiger charge is 2.18. The summed E-state index contributed by atoms with van der Waals surface area (Å²) in [6, 6.07) is 10.1. The molecule has 0 fully saturated rings. The van der Waals surface area contributed by atoms with E-state index in [1.807, 2.05) is 30.5 Å². The molecular weight excluding hydrogens is 224 g/mol. The highest BCUT2D eigenvalue weighted by atomic mass is 16.1. The van der Waals surface area contributed by atoms with E-state index in [0.29, 0.717) is 6.42 Å². The molecule has 0 saturated carbocycles. The summed E-state index contributed by atoms with van der Waals surface area (Å²) >= 11 is 0. The number of benzene rings is 1. The van der Waals surface area contributed by atoms with Gasteiger partial charge in [-0.15, -0.1) is 0 Å². The Morgan fingerprint density at radius 3 is 2.94 bits per heavy atom. The zero-order valence-electron chi connectivity index (χ0n) is 10.2. The van der Waals surface area contributed by atoms with Crippen molar-refractivity contribution >= 4 is 11.5 Å². The fourth-order valence-electron chi connectivity index (χ4n) is 2.29. The number of aliphatic imine (C=N–C) groups is 1.